The Labute approximate surface area is 119 Å². The summed E-state index contributed by atoms with van der Waals surface area (Å²) in [5, 5.41) is 37.1. The second-order valence-corrected chi connectivity index (χ2v) is 4.52. The number of carbonyl (C=O) groups excluding carboxylic acids is 1. The predicted molar refractivity (Wildman–Crippen MR) is 68.2 cm³/mol. The Balaban J connectivity index is 3.27. The molecule has 9 heteroatoms. The molecule has 3 atom stereocenters. The summed E-state index contributed by atoms with van der Waals surface area (Å²) in [6, 6.07) is 1.85. The van der Waals surface area contributed by atoms with E-state index in [4.69, 9.17) is 26.8 Å². The molecule has 0 aliphatic heterocycles. The highest BCUT2D eigenvalue weighted by Gasteiger charge is 2.24. The summed E-state index contributed by atoms with van der Waals surface area (Å²) in [5.41, 5.74) is -1.08. The first-order valence-corrected chi connectivity index (χ1v) is 6.16. The molecule has 112 valence electrons. The molecule has 0 fully saturated rings. The lowest BCUT2D eigenvalue weighted by atomic mass is 10.1. The first kappa shape index (κ1) is 16.8. The average molecular weight is 307 g/mol. The van der Waals surface area contributed by atoms with Gasteiger partial charge in [0.25, 0.3) is 0 Å². The molecule has 0 spiro atoms. The Hall–Kier alpha value is -1.26. The Morgan fingerprint density at radius 2 is 1.90 bits per heavy atom. The van der Waals surface area contributed by atoms with Crippen molar-refractivity contribution in [1.29, 1.82) is 0 Å². The van der Waals surface area contributed by atoms with Crippen LogP contribution in [0.15, 0.2) is 12.1 Å². The number of esters is 1. The number of hydrogen-bond donors (Lipinski definition) is 4. The summed E-state index contributed by atoms with van der Waals surface area (Å²) in [6.07, 6.45) is 0.140. The highest BCUT2D eigenvalue weighted by atomic mass is 35.5. The van der Waals surface area contributed by atoms with Gasteiger partial charge in [0.05, 0.1) is 6.10 Å². The number of halogens is 1. The van der Waals surface area contributed by atoms with Gasteiger partial charge in [0.15, 0.2) is 11.4 Å². The molecule has 1 aromatic rings. The zero-order valence-corrected chi connectivity index (χ0v) is 11.6. The third-order valence-electron chi connectivity index (χ3n) is 2.67. The molecule has 0 heterocycles. The van der Waals surface area contributed by atoms with Crippen molar-refractivity contribution in [3.05, 3.63) is 33.1 Å². The Morgan fingerprint density at radius 3 is 2.35 bits per heavy atom. The van der Waals surface area contributed by atoms with Crippen LogP contribution in [0, 0.1) is 10.4 Å². The highest BCUT2D eigenvalue weighted by molar-refractivity contribution is 6.33. The molecule has 0 bridgehead atoms. The maximum Gasteiger partial charge on any atom is 0.344 e. The Kier molecular flexibility index (Phi) is 5.84. The standard InChI is InChI=1S/C11H15ClN2O6/c1-3-6(2)20-11(15)7-4-10(14(18)19)8(12)5-9(7)13(16)17/h4-6,13-14,16,18H,3H2,1-2H3/t6-/m0/s1. The van der Waals surface area contributed by atoms with Crippen LogP contribution in [0.4, 0.5) is 11.4 Å². The molecule has 8 nitrogen and oxygen atoms in total. The van der Waals surface area contributed by atoms with Gasteiger partial charge in [0, 0.05) is 12.1 Å². The lowest BCUT2D eigenvalue weighted by molar-refractivity contribution is -0.993. The largest absolute Gasteiger partial charge is 0.595 e. The molecular formula is C11H15ClN2O6. The van der Waals surface area contributed by atoms with E-state index in [0.717, 1.165) is 12.1 Å². The molecule has 1 rings (SSSR count). The molecule has 1 aromatic carbocycles. The third kappa shape index (κ3) is 3.87. The second-order valence-electron chi connectivity index (χ2n) is 4.11. The van der Waals surface area contributed by atoms with Crippen molar-refractivity contribution in [3.8, 4) is 0 Å². The number of benzene rings is 1. The molecule has 0 aromatic heterocycles. The van der Waals surface area contributed by atoms with Gasteiger partial charge >= 0.3 is 5.97 Å². The van der Waals surface area contributed by atoms with E-state index in [1.54, 1.807) is 13.8 Å². The van der Waals surface area contributed by atoms with Crippen molar-refractivity contribution < 1.29 is 30.4 Å². The zero-order valence-electron chi connectivity index (χ0n) is 10.8. The molecule has 0 aliphatic carbocycles. The number of nitrogens with one attached hydrogen (secondary N) is 2. The van der Waals surface area contributed by atoms with E-state index in [1.807, 2.05) is 0 Å². The summed E-state index contributed by atoms with van der Waals surface area (Å²) < 4.78 is 5.01. The van der Waals surface area contributed by atoms with Crippen molar-refractivity contribution in [3.63, 3.8) is 0 Å². The lowest BCUT2D eigenvalue weighted by Gasteiger charge is -2.19. The fourth-order valence-electron chi connectivity index (χ4n) is 1.41. The van der Waals surface area contributed by atoms with Gasteiger partial charge in [-0.2, -0.15) is 10.5 Å². The number of ether oxygens (including phenoxy) is 1. The minimum absolute atomic E-state index is 0.255. The minimum atomic E-state index is -1.39. The average Bonchev–Trinajstić information content (AvgIpc) is 2.37. The molecule has 4 N–H and O–H groups in total. The van der Waals surface area contributed by atoms with Crippen LogP contribution in [0.2, 0.25) is 5.02 Å². The summed E-state index contributed by atoms with van der Waals surface area (Å²) in [7, 11) is 0. The molecule has 2 unspecified atom stereocenters. The van der Waals surface area contributed by atoms with Gasteiger partial charge in [0.1, 0.15) is 10.6 Å². The van der Waals surface area contributed by atoms with Crippen LogP contribution in [0.1, 0.15) is 30.6 Å². The Bertz CT molecular complexity index is 494. The van der Waals surface area contributed by atoms with Gasteiger partial charge in [-0.25, -0.2) is 15.2 Å². The SMILES string of the molecule is CC[C@H](C)OC(=O)c1cc([NH+]([O-])O)c(Cl)cc1[NH+]([O-])O. The van der Waals surface area contributed by atoms with Crippen LogP contribution < -0.4 is 10.5 Å². The van der Waals surface area contributed by atoms with Gasteiger partial charge < -0.3 is 15.2 Å². The van der Waals surface area contributed by atoms with Crippen molar-refractivity contribution in [2.75, 3.05) is 0 Å². The maximum atomic E-state index is 11.9. The number of hydrogen-bond acceptors (Lipinski definition) is 6. The fraction of sp³-hybridized carbons (Fsp3) is 0.364. The first-order valence-electron chi connectivity index (χ1n) is 5.79. The molecule has 0 radical (unpaired) electrons. The number of carbonyl (C=O) groups is 1. The van der Waals surface area contributed by atoms with Crippen LogP contribution in [0.5, 0.6) is 0 Å². The fourth-order valence-corrected chi connectivity index (χ4v) is 1.66. The van der Waals surface area contributed by atoms with Gasteiger partial charge in [-0.3, -0.25) is 0 Å². The second kappa shape index (κ2) is 6.95. The van der Waals surface area contributed by atoms with E-state index in [-0.39, 0.29) is 16.3 Å². The van der Waals surface area contributed by atoms with E-state index >= 15 is 0 Å². The predicted octanol–water partition coefficient (Wildman–Crippen LogP) is 0.102. The molecule has 0 saturated carbocycles. The summed E-state index contributed by atoms with van der Waals surface area (Å²) in [6.45, 7) is 3.44. The minimum Gasteiger partial charge on any atom is -0.595 e. The zero-order chi connectivity index (χ0) is 15.4. The highest BCUT2D eigenvalue weighted by Crippen LogP contribution is 2.26. The maximum absolute atomic E-state index is 11.9. The normalized spacial score (nSPS) is 15.6. The van der Waals surface area contributed by atoms with E-state index < -0.39 is 28.2 Å². The van der Waals surface area contributed by atoms with Crippen molar-refractivity contribution in [2.45, 2.75) is 26.4 Å². The van der Waals surface area contributed by atoms with Gasteiger partial charge in [0.2, 0.25) is 0 Å². The molecule has 0 saturated heterocycles. The number of quaternary nitrogens is 2. The van der Waals surface area contributed by atoms with Gasteiger partial charge in [-0.05, 0) is 13.3 Å². The monoisotopic (exact) mass is 306 g/mol. The molecule has 0 aliphatic rings. The van der Waals surface area contributed by atoms with E-state index in [1.165, 1.54) is 0 Å². The van der Waals surface area contributed by atoms with Crippen molar-refractivity contribution >= 4 is 28.9 Å². The summed E-state index contributed by atoms with van der Waals surface area (Å²) in [4.78, 5) is 11.9. The van der Waals surface area contributed by atoms with Crippen molar-refractivity contribution in [1.82, 2.24) is 0 Å². The quantitative estimate of drug-likeness (QED) is 0.452. The van der Waals surface area contributed by atoms with Gasteiger partial charge in [-0.1, -0.05) is 18.5 Å². The first-order chi connectivity index (χ1) is 9.27. The molecule has 20 heavy (non-hydrogen) atoms. The van der Waals surface area contributed by atoms with Crippen LogP contribution in [0.25, 0.3) is 0 Å². The smallest absolute Gasteiger partial charge is 0.344 e. The summed E-state index contributed by atoms with van der Waals surface area (Å²) >= 11 is 5.68. The van der Waals surface area contributed by atoms with E-state index in [0.29, 0.717) is 6.42 Å². The van der Waals surface area contributed by atoms with E-state index in [9.17, 15) is 15.2 Å². The topological polar surface area (TPSA) is 122 Å². The van der Waals surface area contributed by atoms with Crippen LogP contribution >= 0.6 is 11.6 Å². The van der Waals surface area contributed by atoms with E-state index in [2.05, 4.69) is 0 Å². The summed E-state index contributed by atoms with van der Waals surface area (Å²) in [5.74, 6) is -0.893. The van der Waals surface area contributed by atoms with Gasteiger partial charge in [-0.15, -0.1) is 0 Å². The van der Waals surface area contributed by atoms with Crippen LogP contribution in [-0.4, -0.2) is 22.5 Å². The third-order valence-corrected chi connectivity index (χ3v) is 2.98. The molecular weight excluding hydrogens is 292 g/mol. The van der Waals surface area contributed by atoms with Crippen molar-refractivity contribution in [2.24, 2.45) is 0 Å². The Morgan fingerprint density at radius 1 is 1.35 bits per heavy atom. The lowest BCUT2D eigenvalue weighted by Crippen LogP contribution is -3.00. The number of rotatable bonds is 5. The van der Waals surface area contributed by atoms with Crippen LogP contribution in [0.3, 0.4) is 0 Å². The van der Waals surface area contributed by atoms with Crippen LogP contribution in [-0.2, 0) is 4.74 Å². The molecule has 0 amide bonds.